The zero-order valence-electron chi connectivity index (χ0n) is 26.6. The van der Waals surface area contributed by atoms with E-state index in [0.29, 0.717) is 12.0 Å². The van der Waals surface area contributed by atoms with Gasteiger partial charge in [0.1, 0.15) is 7.05 Å². The van der Waals surface area contributed by atoms with Crippen LogP contribution in [0.25, 0.3) is 33.6 Å². The van der Waals surface area contributed by atoms with Gasteiger partial charge in [0.25, 0.3) is 0 Å². The number of pyridine rings is 2. The molecule has 0 saturated carbocycles. The predicted octanol–water partition coefficient (Wildman–Crippen LogP) is 9.24. The quantitative estimate of drug-likeness (QED) is 0.157. The first-order valence-corrected chi connectivity index (χ1v) is 16.2. The molecule has 1 unspecified atom stereocenters. The zero-order chi connectivity index (χ0) is 30.0. The summed E-state index contributed by atoms with van der Waals surface area (Å²) < 4.78 is 4.87. The average molecular weight is 567 g/mol. The van der Waals surface area contributed by atoms with Crippen LogP contribution in [0.15, 0.2) is 116 Å². The number of hydrogen-bond donors (Lipinski definition) is 0. The molecule has 0 spiro atoms. The highest BCUT2D eigenvalue weighted by molar-refractivity contribution is 5.71. The Balaban J connectivity index is 1.37. The number of rotatable bonds is 9. The molecule has 2 heteroatoms. The third kappa shape index (κ3) is 5.44. The van der Waals surface area contributed by atoms with Gasteiger partial charge < -0.3 is 0 Å². The molecule has 0 bridgehead atoms. The van der Waals surface area contributed by atoms with Crippen molar-refractivity contribution in [3.05, 3.63) is 132 Å². The fraction of sp³-hybridized carbons (Fsp3) is 0.317. The van der Waals surface area contributed by atoms with Gasteiger partial charge in [-0.25, -0.2) is 4.57 Å². The Morgan fingerprint density at radius 1 is 0.698 bits per heavy atom. The first-order chi connectivity index (χ1) is 20.9. The standard InChI is InChI=1S/C41H46N2/c1-6-41(7-2)37-20-11-10-19-36(37)38-21-12-13-25-43(38)40(41)23-22-32-16-8-9-18-35(32)39-29-34(24-26-42(39)5)33-17-14-15-31(28-33)27-30(3)4/h8-21,24-26,28-30,40H,6-7,22-23,27H2,1-5H3/q+2. The number of aryl methyl sites for hydroxylation is 2. The van der Waals surface area contributed by atoms with Gasteiger partial charge in [-0.15, -0.1) is 0 Å². The van der Waals surface area contributed by atoms with Crippen LogP contribution >= 0.6 is 0 Å². The highest BCUT2D eigenvalue weighted by Gasteiger charge is 2.49. The van der Waals surface area contributed by atoms with Gasteiger partial charge >= 0.3 is 0 Å². The second kappa shape index (κ2) is 12.3. The van der Waals surface area contributed by atoms with Crippen molar-refractivity contribution in [1.82, 2.24) is 0 Å². The number of hydrogen-bond acceptors (Lipinski definition) is 0. The molecule has 1 aliphatic heterocycles. The van der Waals surface area contributed by atoms with Crippen LogP contribution in [-0.4, -0.2) is 0 Å². The third-order valence-corrected chi connectivity index (χ3v) is 9.90. The van der Waals surface area contributed by atoms with E-state index < -0.39 is 0 Å². The summed E-state index contributed by atoms with van der Waals surface area (Å²) in [5, 5.41) is 0. The zero-order valence-corrected chi connectivity index (χ0v) is 26.6. The van der Waals surface area contributed by atoms with Crippen LogP contribution in [-0.2, 0) is 25.3 Å². The molecular weight excluding hydrogens is 520 g/mol. The van der Waals surface area contributed by atoms with Crippen LogP contribution in [0.4, 0.5) is 0 Å². The van der Waals surface area contributed by atoms with Gasteiger partial charge in [-0.2, -0.15) is 4.57 Å². The maximum atomic E-state index is 2.59. The Bertz CT molecular complexity index is 1730. The topological polar surface area (TPSA) is 7.76 Å². The lowest BCUT2D eigenvalue weighted by atomic mass is 9.64. The van der Waals surface area contributed by atoms with E-state index in [0.717, 1.165) is 32.1 Å². The molecule has 0 aliphatic carbocycles. The molecule has 1 aliphatic rings. The minimum absolute atomic E-state index is 0.107. The average Bonchev–Trinajstić information content (AvgIpc) is 3.04. The highest BCUT2D eigenvalue weighted by atomic mass is 15.0. The van der Waals surface area contributed by atoms with E-state index in [1.54, 1.807) is 0 Å². The van der Waals surface area contributed by atoms with Gasteiger partial charge in [0.2, 0.25) is 11.4 Å². The SMILES string of the molecule is CCC1(CC)c2ccccc2-c2cccc[n+]2C1CCc1ccccc1-c1cc(-c2cccc(CC(C)C)c2)cc[n+]1C. The molecule has 0 N–H and O–H groups in total. The lowest BCUT2D eigenvalue weighted by molar-refractivity contribution is -0.725. The fourth-order valence-corrected chi connectivity index (χ4v) is 7.71. The van der Waals surface area contributed by atoms with Crippen molar-refractivity contribution in [2.24, 2.45) is 13.0 Å². The number of aromatic nitrogens is 2. The second-order valence-corrected chi connectivity index (χ2v) is 12.8. The highest BCUT2D eigenvalue weighted by Crippen LogP contribution is 2.48. The molecule has 43 heavy (non-hydrogen) atoms. The van der Waals surface area contributed by atoms with Crippen molar-refractivity contribution in [3.63, 3.8) is 0 Å². The normalized spacial score (nSPS) is 15.3. The molecule has 218 valence electrons. The van der Waals surface area contributed by atoms with E-state index in [2.05, 4.69) is 159 Å². The molecule has 6 rings (SSSR count). The molecule has 5 aromatic rings. The van der Waals surface area contributed by atoms with Crippen LogP contribution in [0.2, 0.25) is 0 Å². The summed E-state index contributed by atoms with van der Waals surface area (Å²) in [5.74, 6) is 0.646. The largest absolute Gasteiger partial charge is 0.213 e. The lowest BCUT2D eigenvalue weighted by Crippen LogP contribution is -2.55. The van der Waals surface area contributed by atoms with Crippen LogP contribution in [0, 0.1) is 5.92 Å². The molecule has 0 fully saturated rings. The lowest BCUT2D eigenvalue weighted by Gasteiger charge is -2.41. The van der Waals surface area contributed by atoms with Gasteiger partial charge in [-0.3, -0.25) is 0 Å². The van der Waals surface area contributed by atoms with Gasteiger partial charge in [0.05, 0.1) is 11.0 Å². The van der Waals surface area contributed by atoms with Crippen molar-refractivity contribution in [2.75, 3.05) is 0 Å². The van der Waals surface area contributed by atoms with Crippen molar-refractivity contribution in [2.45, 2.75) is 71.3 Å². The van der Waals surface area contributed by atoms with E-state index in [9.17, 15) is 0 Å². The Kier molecular flexibility index (Phi) is 8.30. The monoisotopic (exact) mass is 566 g/mol. The molecule has 0 amide bonds. The Hall–Kier alpha value is -4.04. The first kappa shape index (κ1) is 29.1. The molecule has 2 nitrogen and oxygen atoms in total. The summed E-state index contributed by atoms with van der Waals surface area (Å²) in [6.45, 7) is 9.35. The maximum absolute atomic E-state index is 2.59. The van der Waals surface area contributed by atoms with E-state index in [4.69, 9.17) is 0 Å². The molecule has 1 atom stereocenters. The number of benzene rings is 3. The van der Waals surface area contributed by atoms with Crippen LogP contribution < -0.4 is 9.13 Å². The van der Waals surface area contributed by atoms with Crippen molar-refractivity contribution in [3.8, 4) is 33.6 Å². The van der Waals surface area contributed by atoms with Crippen molar-refractivity contribution in [1.29, 1.82) is 0 Å². The van der Waals surface area contributed by atoms with Gasteiger partial charge in [0, 0.05) is 36.2 Å². The summed E-state index contributed by atoms with van der Waals surface area (Å²) in [7, 11) is 2.18. The minimum Gasteiger partial charge on any atom is -0.201 e. The van der Waals surface area contributed by atoms with Gasteiger partial charge in [-0.05, 0) is 77.6 Å². The summed E-state index contributed by atoms with van der Waals surface area (Å²) in [6, 6.07) is 39.0. The van der Waals surface area contributed by atoms with E-state index in [1.165, 1.54) is 50.3 Å². The molecule has 2 aromatic heterocycles. The minimum atomic E-state index is 0.107. The van der Waals surface area contributed by atoms with E-state index >= 15 is 0 Å². The van der Waals surface area contributed by atoms with Crippen molar-refractivity contribution < 1.29 is 9.13 Å². The second-order valence-electron chi connectivity index (χ2n) is 12.8. The Morgan fingerprint density at radius 2 is 1.42 bits per heavy atom. The fourth-order valence-electron chi connectivity index (χ4n) is 7.71. The molecule has 3 heterocycles. The first-order valence-electron chi connectivity index (χ1n) is 16.2. The van der Waals surface area contributed by atoms with Crippen molar-refractivity contribution >= 4 is 0 Å². The maximum Gasteiger partial charge on any atom is 0.213 e. The molecule has 0 saturated heterocycles. The molecular formula is C41H46N2+2. The summed E-state index contributed by atoms with van der Waals surface area (Å²) >= 11 is 0. The predicted molar refractivity (Wildman–Crippen MR) is 179 cm³/mol. The van der Waals surface area contributed by atoms with Gasteiger partial charge in [0.15, 0.2) is 18.4 Å². The number of fused-ring (bicyclic) bond motifs is 3. The summed E-state index contributed by atoms with van der Waals surface area (Å²) in [5.41, 5.74) is 12.4. The van der Waals surface area contributed by atoms with E-state index in [1.807, 2.05) is 0 Å². The van der Waals surface area contributed by atoms with Crippen LogP contribution in [0.3, 0.4) is 0 Å². The number of nitrogens with zero attached hydrogens (tertiary/aromatic N) is 2. The third-order valence-electron chi connectivity index (χ3n) is 9.90. The summed E-state index contributed by atoms with van der Waals surface area (Å²) in [6.07, 6.45) is 10.0. The van der Waals surface area contributed by atoms with Crippen LogP contribution in [0.5, 0.6) is 0 Å². The van der Waals surface area contributed by atoms with E-state index in [-0.39, 0.29) is 5.41 Å². The Morgan fingerprint density at radius 3 is 2.21 bits per heavy atom. The molecule has 3 aromatic carbocycles. The molecule has 0 radical (unpaired) electrons. The summed E-state index contributed by atoms with van der Waals surface area (Å²) in [4.78, 5) is 0. The Labute approximate surface area is 258 Å². The van der Waals surface area contributed by atoms with Gasteiger partial charge in [-0.1, -0.05) is 88.4 Å². The smallest absolute Gasteiger partial charge is 0.201 e. The van der Waals surface area contributed by atoms with Crippen LogP contribution in [0.1, 0.15) is 69.7 Å².